The number of para-hydroxylation sites is 1. The molecule has 0 atom stereocenters. The van der Waals surface area contributed by atoms with E-state index in [1.165, 1.54) is 11.3 Å². The molecule has 2 N–H and O–H groups in total. The van der Waals surface area contributed by atoms with Crippen LogP contribution in [0.5, 0.6) is 0 Å². The van der Waals surface area contributed by atoms with Crippen LogP contribution in [-0.2, 0) is 7.05 Å². The van der Waals surface area contributed by atoms with Crippen molar-refractivity contribution in [1.29, 1.82) is 0 Å². The van der Waals surface area contributed by atoms with Gasteiger partial charge in [0, 0.05) is 18.4 Å². The number of thiazole rings is 1. The van der Waals surface area contributed by atoms with E-state index in [1.807, 2.05) is 48.5 Å². The zero-order valence-electron chi connectivity index (χ0n) is 11.3. The van der Waals surface area contributed by atoms with Crippen molar-refractivity contribution >= 4 is 50.3 Å². The molecule has 0 unspecified atom stereocenters. The largest absolute Gasteiger partial charge is 0.332 e. The van der Waals surface area contributed by atoms with Crippen molar-refractivity contribution in [3.63, 3.8) is 0 Å². The van der Waals surface area contributed by atoms with Crippen LogP contribution in [-0.4, -0.2) is 9.68 Å². The quantitative estimate of drug-likeness (QED) is 0.712. The van der Waals surface area contributed by atoms with Crippen molar-refractivity contribution in [2.24, 2.45) is 7.05 Å². The molecule has 4 nitrogen and oxygen atoms in total. The SMILES string of the molecule is Cn1c(=O)sc2cc(NC(=S)Nc3ccccc3)ccc21. The fraction of sp³-hybridized carbons (Fsp3) is 0.0667. The highest BCUT2D eigenvalue weighted by molar-refractivity contribution is 7.80. The van der Waals surface area contributed by atoms with Crippen molar-refractivity contribution in [3.8, 4) is 0 Å². The second-order valence-electron chi connectivity index (χ2n) is 4.55. The summed E-state index contributed by atoms with van der Waals surface area (Å²) in [6.45, 7) is 0. The summed E-state index contributed by atoms with van der Waals surface area (Å²) in [5.41, 5.74) is 2.72. The highest BCUT2D eigenvalue weighted by Crippen LogP contribution is 2.21. The van der Waals surface area contributed by atoms with Crippen LogP contribution in [0.4, 0.5) is 11.4 Å². The number of aryl methyl sites for hydroxylation is 1. The van der Waals surface area contributed by atoms with Gasteiger partial charge in [0.25, 0.3) is 0 Å². The maximum Gasteiger partial charge on any atom is 0.307 e. The van der Waals surface area contributed by atoms with Gasteiger partial charge in [-0.05, 0) is 42.5 Å². The van der Waals surface area contributed by atoms with Gasteiger partial charge in [0.15, 0.2) is 5.11 Å². The smallest absolute Gasteiger partial charge is 0.307 e. The first-order valence-electron chi connectivity index (χ1n) is 6.36. The molecule has 1 heterocycles. The van der Waals surface area contributed by atoms with Crippen LogP contribution >= 0.6 is 23.6 Å². The molecule has 0 saturated heterocycles. The topological polar surface area (TPSA) is 46.1 Å². The lowest BCUT2D eigenvalue weighted by Crippen LogP contribution is -2.18. The number of thiocarbonyl (C=S) groups is 1. The van der Waals surface area contributed by atoms with E-state index in [0.29, 0.717) is 5.11 Å². The average Bonchev–Trinajstić information content (AvgIpc) is 2.74. The molecule has 0 saturated carbocycles. The van der Waals surface area contributed by atoms with Gasteiger partial charge in [-0.25, -0.2) is 0 Å². The highest BCUT2D eigenvalue weighted by Gasteiger charge is 2.05. The van der Waals surface area contributed by atoms with Crippen LogP contribution in [0.1, 0.15) is 0 Å². The van der Waals surface area contributed by atoms with Gasteiger partial charge >= 0.3 is 4.87 Å². The second kappa shape index (κ2) is 5.67. The first-order chi connectivity index (χ1) is 10.1. The number of fused-ring (bicyclic) bond motifs is 1. The fourth-order valence-electron chi connectivity index (χ4n) is 2.03. The molecule has 3 aromatic rings. The summed E-state index contributed by atoms with van der Waals surface area (Å²) in [6.07, 6.45) is 0. The lowest BCUT2D eigenvalue weighted by molar-refractivity contribution is 0.939. The minimum absolute atomic E-state index is 0.0344. The van der Waals surface area contributed by atoms with Crippen molar-refractivity contribution in [2.75, 3.05) is 10.6 Å². The number of hydrogen-bond acceptors (Lipinski definition) is 3. The molecule has 0 aliphatic rings. The Morgan fingerprint density at radius 2 is 1.81 bits per heavy atom. The van der Waals surface area contributed by atoms with E-state index in [9.17, 15) is 4.79 Å². The summed E-state index contributed by atoms with van der Waals surface area (Å²) in [4.78, 5) is 11.7. The predicted octanol–water partition coefficient (Wildman–Crippen LogP) is 3.41. The Balaban J connectivity index is 1.78. The Bertz CT molecular complexity index is 852. The maximum atomic E-state index is 11.6. The molecule has 0 fully saturated rings. The summed E-state index contributed by atoms with van der Waals surface area (Å²) < 4.78 is 2.58. The van der Waals surface area contributed by atoms with Crippen LogP contribution in [0.25, 0.3) is 10.2 Å². The molecule has 3 rings (SSSR count). The van der Waals surface area contributed by atoms with E-state index in [-0.39, 0.29) is 4.87 Å². The number of aromatic nitrogens is 1. The molecule has 2 aromatic carbocycles. The fourth-order valence-corrected chi connectivity index (χ4v) is 3.18. The number of hydrogen-bond donors (Lipinski definition) is 2. The Morgan fingerprint density at radius 3 is 2.57 bits per heavy atom. The van der Waals surface area contributed by atoms with Gasteiger partial charge in [-0.15, -0.1) is 0 Å². The van der Waals surface area contributed by atoms with E-state index in [2.05, 4.69) is 10.6 Å². The Labute approximate surface area is 131 Å². The average molecular weight is 315 g/mol. The minimum atomic E-state index is 0.0344. The third kappa shape index (κ3) is 2.96. The standard InChI is InChI=1S/C15H13N3OS2/c1-18-12-8-7-11(9-13(12)21-15(18)19)17-14(20)16-10-5-3-2-4-6-10/h2-9H,1H3,(H2,16,17,20). The van der Waals surface area contributed by atoms with E-state index in [4.69, 9.17) is 12.2 Å². The molecule has 1 aromatic heterocycles. The third-order valence-corrected chi connectivity index (χ3v) is 4.28. The van der Waals surface area contributed by atoms with Gasteiger partial charge in [-0.1, -0.05) is 29.5 Å². The Kier molecular flexibility index (Phi) is 3.72. The van der Waals surface area contributed by atoms with Crippen LogP contribution in [0.3, 0.4) is 0 Å². The molecule has 0 amide bonds. The van der Waals surface area contributed by atoms with Crippen LogP contribution in [0, 0.1) is 0 Å². The van der Waals surface area contributed by atoms with Gasteiger partial charge in [-0.3, -0.25) is 4.79 Å². The van der Waals surface area contributed by atoms with Crippen molar-refractivity contribution < 1.29 is 0 Å². The zero-order valence-corrected chi connectivity index (χ0v) is 12.9. The minimum Gasteiger partial charge on any atom is -0.332 e. The molecule has 21 heavy (non-hydrogen) atoms. The predicted molar refractivity (Wildman–Crippen MR) is 93.4 cm³/mol. The van der Waals surface area contributed by atoms with E-state index < -0.39 is 0 Å². The summed E-state index contributed by atoms with van der Waals surface area (Å²) in [5, 5.41) is 6.76. The first kappa shape index (κ1) is 13.8. The zero-order chi connectivity index (χ0) is 14.8. The van der Waals surface area contributed by atoms with Gasteiger partial charge in [-0.2, -0.15) is 0 Å². The number of benzene rings is 2. The van der Waals surface area contributed by atoms with Gasteiger partial charge < -0.3 is 15.2 Å². The van der Waals surface area contributed by atoms with Gasteiger partial charge in [0.05, 0.1) is 10.2 Å². The molecule has 0 spiro atoms. The number of rotatable bonds is 2. The molecular formula is C15H13N3OS2. The summed E-state index contributed by atoms with van der Waals surface area (Å²) in [6, 6.07) is 15.5. The van der Waals surface area contributed by atoms with Crippen molar-refractivity contribution in [3.05, 3.63) is 58.2 Å². The third-order valence-electron chi connectivity index (χ3n) is 3.08. The van der Waals surface area contributed by atoms with E-state index in [0.717, 1.165) is 21.6 Å². The van der Waals surface area contributed by atoms with E-state index >= 15 is 0 Å². The Morgan fingerprint density at radius 1 is 1.10 bits per heavy atom. The summed E-state index contributed by atoms with van der Waals surface area (Å²) in [5.74, 6) is 0. The Hall–Kier alpha value is -2.18. The molecule has 0 aliphatic heterocycles. The lowest BCUT2D eigenvalue weighted by atomic mass is 10.3. The highest BCUT2D eigenvalue weighted by atomic mass is 32.1. The molecule has 0 radical (unpaired) electrons. The maximum absolute atomic E-state index is 11.6. The molecule has 0 bridgehead atoms. The normalized spacial score (nSPS) is 10.5. The number of anilines is 2. The molecular weight excluding hydrogens is 302 g/mol. The van der Waals surface area contributed by atoms with Crippen LogP contribution < -0.4 is 15.5 Å². The summed E-state index contributed by atoms with van der Waals surface area (Å²) >= 11 is 6.51. The number of nitrogens with zero attached hydrogens (tertiary/aromatic N) is 1. The van der Waals surface area contributed by atoms with Gasteiger partial charge in [0.2, 0.25) is 0 Å². The van der Waals surface area contributed by atoms with Crippen LogP contribution in [0.2, 0.25) is 0 Å². The van der Waals surface area contributed by atoms with Gasteiger partial charge in [0.1, 0.15) is 0 Å². The van der Waals surface area contributed by atoms with E-state index in [1.54, 1.807) is 11.6 Å². The monoisotopic (exact) mass is 315 g/mol. The lowest BCUT2D eigenvalue weighted by Gasteiger charge is -2.10. The molecule has 106 valence electrons. The second-order valence-corrected chi connectivity index (χ2v) is 5.96. The summed E-state index contributed by atoms with van der Waals surface area (Å²) in [7, 11) is 1.77. The molecule has 6 heteroatoms. The number of nitrogens with one attached hydrogen (secondary N) is 2. The van der Waals surface area contributed by atoms with Crippen molar-refractivity contribution in [2.45, 2.75) is 0 Å². The first-order valence-corrected chi connectivity index (χ1v) is 7.58. The van der Waals surface area contributed by atoms with Crippen LogP contribution in [0.15, 0.2) is 53.3 Å². The van der Waals surface area contributed by atoms with Crippen molar-refractivity contribution in [1.82, 2.24) is 4.57 Å². The molecule has 0 aliphatic carbocycles.